The van der Waals surface area contributed by atoms with Crippen molar-refractivity contribution in [3.63, 3.8) is 0 Å². The van der Waals surface area contributed by atoms with Crippen molar-refractivity contribution in [1.29, 1.82) is 0 Å². The number of unbranched alkanes of at least 4 members (excludes halogenated alkanes) is 56. The summed E-state index contributed by atoms with van der Waals surface area (Å²) in [5.41, 5.74) is 0. The molecule has 0 heterocycles. The van der Waals surface area contributed by atoms with Crippen molar-refractivity contribution in [3.05, 3.63) is 12.2 Å². The molecule has 0 aromatic heterocycles. The van der Waals surface area contributed by atoms with E-state index in [1.54, 1.807) is 0 Å². The molecule has 0 rings (SSSR count). The summed E-state index contributed by atoms with van der Waals surface area (Å²) in [6.07, 6.45) is 84.0. The summed E-state index contributed by atoms with van der Waals surface area (Å²) < 4.78 is 17.0. The molecule has 0 aliphatic rings. The average molecular weight is 1130 g/mol. The van der Waals surface area contributed by atoms with Gasteiger partial charge in [0.05, 0.1) is 0 Å². The topological polar surface area (TPSA) is 78.9 Å². The van der Waals surface area contributed by atoms with Crippen molar-refractivity contribution < 1.29 is 28.6 Å². The second kappa shape index (κ2) is 69.6. The third-order valence-electron chi connectivity index (χ3n) is 17.0. The number of allylic oxidation sites excluding steroid dienone is 2. The Bertz CT molecular complexity index is 1250. The molecule has 0 aliphatic carbocycles. The maximum absolute atomic E-state index is 12.9. The van der Waals surface area contributed by atoms with Gasteiger partial charge in [0.1, 0.15) is 13.2 Å². The van der Waals surface area contributed by atoms with E-state index in [-0.39, 0.29) is 31.1 Å². The van der Waals surface area contributed by atoms with Gasteiger partial charge in [0.25, 0.3) is 0 Å². The molecule has 0 fully saturated rings. The lowest BCUT2D eigenvalue weighted by Gasteiger charge is -2.18. The third kappa shape index (κ3) is 66.9. The van der Waals surface area contributed by atoms with Crippen molar-refractivity contribution in [1.82, 2.24) is 0 Å². The fourth-order valence-corrected chi connectivity index (χ4v) is 11.5. The maximum Gasteiger partial charge on any atom is 0.306 e. The van der Waals surface area contributed by atoms with Gasteiger partial charge in [-0.15, -0.1) is 0 Å². The Hall–Kier alpha value is -1.85. The van der Waals surface area contributed by atoms with Crippen molar-refractivity contribution in [2.75, 3.05) is 13.2 Å². The summed E-state index contributed by atoms with van der Waals surface area (Å²) in [4.78, 5) is 38.4. The van der Waals surface area contributed by atoms with Gasteiger partial charge in [-0.2, -0.15) is 0 Å². The van der Waals surface area contributed by atoms with Gasteiger partial charge in [0.2, 0.25) is 0 Å². The second-order valence-corrected chi connectivity index (χ2v) is 25.2. The Kier molecular flexibility index (Phi) is 68.0. The van der Waals surface area contributed by atoms with Crippen molar-refractivity contribution in [2.45, 2.75) is 431 Å². The third-order valence-corrected chi connectivity index (χ3v) is 17.0. The van der Waals surface area contributed by atoms with E-state index >= 15 is 0 Å². The van der Waals surface area contributed by atoms with Crippen LogP contribution in [-0.4, -0.2) is 37.2 Å². The molecule has 0 N–H and O–H groups in total. The van der Waals surface area contributed by atoms with E-state index in [2.05, 4.69) is 32.9 Å². The normalized spacial score (nSPS) is 12.0. The van der Waals surface area contributed by atoms with Crippen LogP contribution in [-0.2, 0) is 28.6 Å². The Morgan fingerprint density at radius 2 is 0.412 bits per heavy atom. The van der Waals surface area contributed by atoms with Crippen molar-refractivity contribution in [2.24, 2.45) is 0 Å². The molecule has 0 spiro atoms. The molecule has 0 aliphatic heterocycles. The Balaban J connectivity index is 4.17. The molecule has 0 saturated carbocycles. The fraction of sp³-hybridized carbons (Fsp3) is 0.932. The summed E-state index contributed by atoms with van der Waals surface area (Å²) in [5.74, 6) is -0.838. The highest BCUT2D eigenvalue weighted by Crippen LogP contribution is 2.19. The maximum atomic E-state index is 12.9. The molecule has 0 radical (unpaired) electrons. The van der Waals surface area contributed by atoms with Crippen LogP contribution in [0.25, 0.3) is 0 Å². The number of rotatable bonds is 69. The first-order valence-corrected chi connectivity index (χ1v) is 36.7. The molecule has 0 saturated heterocycles. The van der Waals surface area contributed by atoms with Gasteiger partial charge in [-0.1, -0.05) is 373 Å². The molecule has 1 atom stereocenters. The predicted molar refractivity (Wildman–Crippen MR) is 349 cm³/mol. The highest BCUT2D eigenvalue weighted by atomic mass is 16.6. The minimum Gasteiger partial charge on any atom is -0.462 e. The number of hydrogen-bond acceptors (Lipinski definition) is 6. The zero-order chi connectivity index (χ0) is 57.8. The van der Waals surface area contributed by atoms with Crippen LogP contribution in [0.15, 0.2) is 12.2 Å². The first-order valence-electron chi connectivity index (χ1n) is 36.7. The van der Waals surface area contributed by atoms with Crippen molar-refractivity contribution in [3.8, 4) is 0 Å². The molecule has 0 aromatic rings. The number of carbonyl (C=O) groups is 3. The van der Waals surface area contributed by atoms with Gasteiger partial charge >= 0.3 is 17.9 Å². The SMILES string of the molecule is CCCCCCCC/C=C\CCCCCCCC(=O)OCC(COC(=O)CCCCCCCCCCCCCCCCCCCCCCCCCCCCCCC)OC(=O)CCCCCCCCCCCCCCCCCCCC. The molecular formula is C74H142O6. The van der Waals surface area contributed by atoms with Gasteiger partial charge < -0.3 is 14.2 Å². The first kappa shape index (κ1) is 78.1. The molecule has 0 bridgehead atoms. The summed E-state index contributed by atoms with van der Waals surface area (Å²) >= 11 is 0. The lowest BCUT2D eigenvalue weighted by molar-refractivity contribution is -0.167. The summed E-state index contributed by atoms with van der Waals surface area (Å²) in [5, 5.41) is 0. The molecule has 6 nitrogen and oxygen atoms in total. The molecule has 1 unspecified atom stereocenters. The average Bonchev–Trinajstić information content (AvgIpc) is 3.46. The minimum atomic E-state index is -0.770. The van der Waals surface area contributed by atoms with Gasteiger partial charge in [-0.3, -0.25) is 14.4 Å². The second-order valence-electron chi connectivity index (χ2n) is 25.2. The molecule has 0 amide bonds. The number of esters is 3. The first-order chi connectivity index (χ1) is 39.5. The van der Waals surface area contributed by atoms with E-state index in [0.717, 1.165) is 64.2 Å². The Morgan fingerprint density at radius 3 is 0.625 bits per heavy atom. The molecule has 474 valence electrons. The highest BCUT2D eigenvalue weighted by Gasteiger charge is 2.20. The Morgan fingerprint density at radius 1 is 0.237 bits per heavy atom. The monoisotopic (exact) mass is 1130 g/mol. The molecule has 0 aromatic carbocycles. The number of carbonyl (C=O) groups excluding carboxylic acids is 3. The lowest BCUT2D eigenvalue weighted by atomic mass is 10.0. The van der Waals surface area contributed by atoms with Crippen LogP contribution in [0.1, 0.15) is 425 Å². The largest absolute Gasteiger partial charge is 0.462 e. The summed E-state index contributed by atoms with van der Waals surface area (Å²) in [7, 11) is 0. The molecule has 80 heavy (non-hydrogen) atoms. The van der Waals surface area contributed by atoms with Crippen LogP contribution in [0.4, 0.5) is 0 Å². The van der Waals surface area contributed by atoms with E-state index in [1.807, 2.05) is 0 Å². The zero-order valence-corrected chi connectivity index (χ0v) is 54.6. The number of hydrogen-bond donors (Lipinski definition) is 0. The van der Waals surface area contributed by atoms with Crippen LogP contribution in [0.2, 0.25) is 0 Å². The summed E-state index contributed by atoms with van der Waals surface area (Å²) in [6, 6.07) is 0. The highest BCUT2D eigenvalue weighted by molar-refractivity contribution is 5.71. The van der Waals surface area contributed by atoms with Gasteiger partial charge in [0.15, 0.2) is 6.10 Å². The van der Waals surface area contributed by atoms with Gasteiger partial charge in [0, 0.05) is 19.3 Å². The number of ether oxygens (including phenoxy) is 3. The van der Waals surface area contributed by atoms with Crippen molar-refractivity contribution >= 4 is 17.9 Å². The van der Waals surface area contributed by atoms with Gasteiger partial charge in [-0.25, -0.2) is 0 Å². The van der Waals surface area contributed by atoms with Crippen LogP contribution in [0.3, 0.4) is 0 Å². The Labute approximate surface area is 501 Å². The van der Waals surface area contributed by atoms with E-state index in [4.69, 9.17) is 14.2 Å². The minimum absolute atomic E-state index is 0.0655. The smallest absolute Gasteiger partial charge is 0.306 e. The van der Waals surface area contributed by atoms with Crippen LogP contribution in [0.5, 0.6) is 0 Å². The molecule has 6 heteroatoms. The standard InChI is InChI=1S/C74H142O6/c1-4-7-10-13-16-19-22-25-28-30-32-33-34-35-36-37-38-39-40-41-42-44-46-49-52-55-58-61-64-67-73(76)79-70-71(69-78-72(75)66-63-60-57-54-51-48-45-27-24-21-18-15-12-9-6-3)80-74(77)68-65-62-59-56-53-50-47-43-31-29-26-23-20-17-14-11-8-5-2/h27,45,71H,4-26,28-44,46-70H2,1-3H3/b45-27-. The summed E-state index contributed by atoms with van der Waals surface area (Å²) in [6.45, 7) is 6.72. The zero-order valence-electron chi connectivity index (χ0n) is 54.6. The van der Waals surface area contributed by atoms with E-state index in [9.17, 15) is 14.4 Å². The quantitative estimate of drug-likeness (QED) is 0.0261. The van der Waals surface area contributed by atoms with E-state index in [1.165, 1.54) is 321 Å². The van der Waals surface area contributed by atoms with Crippen LogP contribution in [0, 0.1) is 0 Å². The lowest BCUT2D eigenvalue weighted by Crippen LogP contribution is -2.30. The van der Waals surface area contributed by atoms with Crippen LogP contribution < -0.4 is 0 Å². The predicted octanol–water partition coefficient (Wildman–Crippen LogP) is 25.2. The fourth-order valence-electron chi connectivity index (χ4n) is 11.5. The van der Waals surface area contributed by atoms with Crippen LogP contribution >= 0.6 is 0 Å². The van der Waals surface area contributed by atoms with Gasteiger partial charge in [-0.05, 0) is 44.9 Å². The molecular weight excluding hydrogens is 985 g/mol. The van der Waals surface area contributed by atoms with E-state index < -0.39 is 6.10 Å². The van der Waals surface area contributed by atoms with E-state index in [0.29, 0.717) is 19.3 Å².